The number of halogens is 1. The lowest BCUT2D eigenvalue weighted by atomic mass is 9.99. The molecule has 0 unspecified atom stereocenters. The summed E-state index contributed by atoms with van der Waals surface area (Å²) in [5, 5.41) is 0.263. The summed E-state index contributed by atoms with van der Waals surface area (Å²) in [5.74, 6) is 0.703. The highest BCUT2D eigenvalue weighted by Crippen LogP contribution is 2.33. The number of rotatable bonds is 6. The summed E-state index contributed by atoms with van der Waals surface area (Å²) >= 11 is 5.94. The number of carbonyl (C=O) groups is 2. The van der Waals surface area contributed by atoms with Crippen LogP contribution in [0.25, 0.3) is 6.08 Å². The molecule has 160 valence electrons. The van der Waals surface area contributed by atoms with Gasteiger partial charge in [-0.2, -0.15) is 0 Å². The zero-order valence-corrected chi connectivity index (χ0v) is 18.1. The van der Waals surface area contributed by atoms with E-state index >= 15 is 0 Å². The monoisotopic (exact) mass is 436 g/mol. The molecule has 2 aromatic rings. The number of hydrogen-bond acceptors (Lipinski definition) is 6. The molecule has 0 N–H and O–H groups in total. The minimum Gasteiger partial charge on any atom is -0.368 e. The molecule has 1 saturated carbocycles. The second-order valence-corrected chi connectivity index (χ2v) is 9.12. The summed E-state index contributed by atoms with van der Waals surface area (Å²) in [6.07, 6.45) is 8.69. The number of ketones is 2. The van der Waals surface area contributed by atoms with Crippen molar-refractivity contribution in [2.24, 2.45) is 5.92 Å². The Balaban J connectivity index is 1.16. The average Bonchev–Trinajstić information content (AvgIpc) is 3.59. The molecule has 5 rings (SSSR count). The molecular weight excluding hydrogens is 412 g/mol. The first-order valence-electron chi connectivity index (χ1n) is 10.9. The van der Waals surface area contributed by atoms with Gasteiger partial charge in [-0.1, -0.05) is 17.7 Å². The molecule has 3 aliphatic rings. The molecule has 0 spiro atoms. The zero-order chi connectivity index (χ0) is 21.4. The Morgan fingerprint density at radius 3 is 2.61 bits per heavy atom. The number of anilines is 1. The van der Waals surface area contributed by atoms with Gasteiger partial charge in [0.1, 0.15) is 5.69 Å². The predicted molar refractivity (Wildman–Crippen MR) is 120 cm³/mol. The van der Waals surface area contributed by atoms with Crippen molar-refractivity contribution in [3.8, 4) is 0 Å². The second-order valence-electron chi connectivity index (χ2n) is 8.72. The maximum Gasteiger partial charge on any atom is 0.181 e. The van der Waals surface area contributed by atoms with Crippen LogP contribution in [0, 0.1) is 5.92 Å². The number of allylic oxidation sites excluding steroid dienone is 1. The molecule has 0 bridgehead atoms. The van der Waals surface area contributed by atoms with Crippen LogP contribution < -0.4 is 4.90 Å². The van der Waals surface area contributed by atoms with E-state index in [4.69, 9.17) is 11.6 Å². The lowest BCUT2D eigenvalue weighted by Gasteiger charge is -2.36. The SMILES string of the molecule is O=C1Cc2cc(CN3CCN(c4ccc(C(=O)CC5CC5)nc4)CC3)cnc2C=C1Cl. The fourth-order valence-electron chi connectivity index (χ4n) is 4.24. The summed E-state index contributed by atoms with van der Waals surface area (Å²) in [7, 11) is 0. The first-order chi connectivity index (χ1) is 15.0. The molecule has 31 heavy (non-hydrogen) atoms. The minimum atomic E-state index is -0.0457. The third kappa shape index (κ3) is 4.70. The quantitative estimate of drug-likeness (QED) is 0.646. The highest BCUT2D eigenvalue weighted by atomic mass is 35.5. The number of piperazine rings is 1. The van der Waals surface area contributed by atoms with Gasteiger partial charge in [0.25, 0.3) is 0 Å². The third-order valence-corrected chi connectivity index (χ3v) is 6.61. The van der Waals surface area contributed by atoms with Crippen LogP contribution in [0.2, 0.25) is 0 Å². The first-order valence-corrected chi connectivity index (χ1v) is 11.3. The second kappa shape index (κ2) is 8.52. The zero-order valence-electron chi connectivity index (χ0n) is 17.4. The molecule has 3 heterocycles. The van der Waals surface area contributed by atoms with E-state index in [9.17, 15) is 9.59 Å². The Bertz CT molecular complexity index is 1040. The molecular formula is C24H25ClN4O2. The van der Waals surface area contributed by atoms with Gasteiger partial charge in [0, 0.05) is 51.8 Å². The number of nitrogens with zero attached hydrogens (tertiary/aromatic N) is 4. The maximum absolute atomic E-state index is 12.2. The van der Waals surface area contributed by atoms with E-state index < -0.39 is 0 Å². The lowest BCUT2D eigenvalue weighted by molar-refractivity contribution is -0.114. The number of aromatic nitrogens is 2. The van der Waals surface area contributed by atoms with Crippen molar-refractivity contribution < 1.29 is 9.59 Å². The van der Waals surface area contributed by atoms with E-state index in [1.807, 2.05) is 24.5 Å². The van der Waals surface area contributed by atoms with Crippen LogP contribution in [-0.2, 0) is 17.8 Å². The van der Waals surface area contributed by atoms with Crippen molar-refractivity contribution >= 4 is 34.9 Å². The Kier molecular flexibility index (Phi) is 5.59. The standard InChI is InChI=1S/C24H25ClN4O2/c25-20-12-22-18(11-23(20)30)9-17(13-26-22)15-28-5-7-29(8-6-28)19-3-4-21(27-14-19)24(31)10-16-1-2-16/h3-4,9,12-14,16H,1-2,5-8,10-11,15H2. The van der Waals surface area contributed by atoms with Crippen molar-refractivity contribution in [3.63, 3.8) is 0 Å². The summed E-state index contributed by atoms with van der Waals surface area (Å²) in [4.78, 5) is 37.7. The van der Waals surface area contributed by atoms with E-state index in [-0.39, 0.29) is 16.6 Å². The molecule has 2 aromatic heterocycles. The maximum atomic E-state index is 12.2. The Morgan fingerprint density at radius 2 is 1.90 bits per heavy atom. The normalized spacial score (nSPS) is 19.2. The van der Waals surface area contributed by atoms with Gasteiger partial charge < -0.3 is 4.90 Å². The Labute approximate surface area is 186 Å². The van der Waals surface area contributed by atoms with E-state index in [0.717, 1.165) is 55.2 Å². The summed E-state index contributed by atoms with van der Waals surface area (Å²) in [6, 6.07) is 5.97. The molecule has 0 radical (unpaired) electrons. The van der Waals surface area contributed by atoms with Crippen LogP contribution in [0.4, 0.5) is 5.69 Å². The van der Waals surface area contributed by atoms with Gasteiger partial charge in [-0.15, -0.1) is 0 Å². The number of Topliss-reactive ketones (excluding diaryl/α,β-unsaturated/α-hetero) is 2. The topological polar surface area (TPSA) is 66.4 Å². The van der Waals surface area contributed by atoms with Crippen LogP contribution in [0.5, 0.6) is 0 Å². The smallest absolute Gasteiger partial charge is 0.181 e. The minimum absolute atomic E-state index is 0.0457. The molecule has 0 atom stereocenters. The van der Waals surface area contributed by atoms with Crippen molar-refractivity contribution in [2.45, 2.75) is 32.2 Å². The molecule has 6 nitrogen and oxygen atoms in total. The van der Waals surface area contributed by atoms with Crippen LogP contribution in [0.1, 0.15) is 46.6 Å². The van der Waals surface area contributed by atoms with Gasteiger partial charge in [-0.25, -0.2) is 0 Å². The first kappa shape index (κ1) is 20.3. The molecule has 2 aliphatic carbocycles. The molecule has 1 aliphatic heterocycles. The van der Waals surface area contributed by atoms with E-state index in [1.54, 1.807) is 6.08 Å². The Morgan fingerprint density at radius 1 is 1.10 bits per heavy atom. The number of carbonyl (C=O) groups excluding carboxylic acids is 2. The van der Waals surface area contributed by atoms with Gasteiger partial charge in [0.05, 0.1) is 22.6 Å². The van der Waals surface area contributed by atoms with Crippen LogP contribution >= 0.6 is 11.6 Å². The van der Waals surface area contributed by atoms with Crippen LogP contribution in [-0.4, -0.2) is 52.6 Å². The number of fused-ring (bicyclic) bond motifs is 1. The molecule has 0 amide bonds. The van der Waals surface area contributed by atoms with Gasteiger partial charge >= 0.3 is 0 Å². The van der Waals surface area contributed by atoms with Gasteiger partial charge in [0.2, 0.25) is 0 Å². The van der Waals surface area contributed by atoms with E-state index in [0.29, 0.717) is 24.5 Å². The highest BCUT2D eigenvalue weighted by molar-refractivity contribution is 6.45. The molecule has 7 heteroatoms. The summed E-state index contributed by atoms with van der Waals surface area (Å²) < 4.78 is 0. The fraction of sp³-hybridized carbons (Fsp3) is 0.417. The van der Waals surface area contributed by atoms with Crippen molar-refractivity contribution in [3.05, 3.63) is 58.1 Å². The Hall–Kier alpha value is -2.57. The molecule has 0 aromatic carbocycles. The largest absolute Gasteiger partial charge is 0.368 e. The molecule has 1 saturated heterocycles. The highest BCUT2D eigenvalue weighted by Gasteiger charge is 2.26. The predicted octanol–water partition coefficient (Wildman–Crippen LogP) is 3.49. The van der Waals surface area contributed by atoms with E-state index in [1.165, 1.54) is 12.8 Å². The van der Waals surface area contributed by atoms with Crippen molar-refractivity contribution in [1.29, 1.82) is 0 Å². The summed E-state index contributed by atoms with van der Waals surface area (Å²) in [5.41, 5.74) is 4.52. The van der Waals surface area contributed by atoms with Crippen LogP contribution in [0.3, 0.4) is 0 Å². The van der Waals surface area contributed by atoms with Crippen molar-refractivity contribution in [1.82, 2.24) is 14.9 Å². The van der Waals surface area contributed by atoms with Crippen molar-refractivity contribution in [2.75, 3.05) is 31.1 Å². The fourth-order valence-corrected chi connectivity index (χ4v) is 4.41. The van der Waals surface area contributed by atoms with Gasteiger partial charge in [-0.05, 0) is 48.1 Å². The summed E-state index contributed by atoms with van der Waals surface area (Å²) in [6.45, 7) is 4.50. The lowest BCUT2D eigenvalue weighted by Crippen LogP contribution is -2.46. The van der Waals surface area contributed by atoms with Gasteiger partial charge in [-0.3, -0.25) is 24.5 Å². The van der Waals surface area contributed by atoms with E-state index in [2.05, 4.69) is 25.8 Å². The van der Waals surface area contributed by atoms with Gasteiger partial charge in [0.15, 0.2) is 11.6 Å². The van der Waals surface area contributed by atoms with Crippen LogP contribution in [0.15, 0.2) is 35.6 Å². The average molecular weight is 437 g/mol. The number of hydrogen-bond donors (Lipinski definition) is 0. The third-order valence-electron chi connectivity index (χ3n) is 6.29. The number of pyridine rings is 2. The molecule has 2 fully saturated rings.